The number of likely N-dealkylation sites (N-methyl/N-ethyl adjacent to an activating group) is 1. The van der Waals surface area contributed by atoms with Gasteiger partial charge in [-0.05, 0) is 18.8 Å². The van der Waals surface area contributed by atoms with Gasteiger partial charge in [0.1, 0.15) is 6.54 Å². The van der Waals surface area contributed by atoms with Crippen molar-refractivity contribution >= 4 is 11.6 Å². The molecule has 1 amide bonds. The first kappa shape index (κ1) is 18.2. The smallest absolute Gasteiger partial charge is 0.269 e. The van der Waals surface area contributed by atoms with Crippen molar-refractivity contribution in [3.05, 3.63) is 40.1 Å². The molecule has 26 heavy (non-hydrogen) atoms. The second-order valence-corrected chi connectivity index (χ2v) is 7.03. The van der Waals surface area contributed by atoms with Crippen molar-refractivity contribution in [2.45, 2.75) is 45.7 Å². The van der Waals surface area contributed by atoms with Crippen LogP contribution in [0.5, 0.6) is 0 Å². The van der Waals surface area contributed by atoms with E-state index in [-0.39, 0.29) is 23.9 Å². The number of carbonyl (C=O) groups is 1. The van der Waals surface area contributed by atoms with Crippen molar-refractivity contribution in [1.82, 2.24) is 19.8 Å². The minimum absolute atomic E-state index is 0.0964. The van der Waals surface area contributed by atoms with Crippen molar-refractivity contribution in [2.24, 2.45) is 0 Å². The minimum atomic E-state index is -0.266. The SMILES string of the molecule is CC(C)c1cc(CN(C)C(=O)Cn2ncc(N3CCCC3)cc2=O)on1. The fraction of sp³-hybridized carbons (Fsp3) is 0.556. The van der Waals surface area contributed by atoms with Gasteiger partial charge < -0.3 is 14.3 Å². The van der Waals surface area contributed by atoms with E-state index in [1.807, 2.05) is 19.9 Å². The molecule has 8 heteroatoms. The lowest BCUT2D eigenvalue weighted by atomic mass is 10.1. The number of aromatic nitrogens is 3. The Morgan fingerprint density at radius 3 is 2.65 bits per heavy atom. The predicted octanol–water partition coefficient (Wildman–Crippen LogP) is 1.61. The summed E-state index contributed by atoms with van der Waals surface area (Å²) in [5, 5.41) is 8.15. The van der Waals surface area contributed by atoms with Crippen LogP contribution < -0.4 is 10.5 Å². The molecule has 0 bridgehead atoms. The number of nitrogens with zero attached hydrogens (tertiary/aromatic N) is 5. The van der Waals surface area contributed by atoms with Gasteiger partial charge in [-0.15, -0.1) is 0 Å². The number of hydrogen-bond donors (Lipinski definition) is 0. The van der Waals surface area contributed by atoms with E-state index in [9.17, 15) is 9.59 Å². The maximum atomic E-state index is 12.4. The molecule has 1 saturated heterocycles. The Balaban J connectivity index is 1.62. The van der Waals surface area contributed by atoms with Gasteiger partial charge in [-0.1, -0.05) is 19.0 Å². The van der Waals surface area contributed by atoms with Crippen LogP contribution in [0.15, 0.2) is 27.6 Å². The molecule has 3 heterocycles. The molecule has 0 saturated carbocycles. The number of hydrogen-bond acceptors (Lipinski definition) is 6. The van der Waals surface area contributed by atoms with Gasteiger partial charge in [-0.2, -0.15) is 5.10 Å². The normalized spacial score (nSPS) is 14.2. The Morgan fingerprint density at radius 2 is 2.04 bits per heavy atom. The van der Waals surface area contributed by atoms with Gasteiger partial charge in [0.2, 0.25) is 5.91 Å². The molecule has 0 radical (unpaired) electrons. The van der Waals surface area contributed by atoms with Crippen molar-refractivity contribution < 1.29 is 9.32 Å². The molecule has 1 fully saturated rings. The molecule has 2 aromatic heterocycles. The third kappa shape index (κ3) is 4.12. The zero-order valence-electron chi connectivity index (χ0n) is 15.5. The van der Waals surface area contributed by atoms with Gasteiger partial charge in [0.25, 0.3) is 5.56 Å². The monoisotopic (exact) mass is 359 g/mol. The second-order valence-electron chi connectivity index (χ2n) is 7.03. The van der Waals surface area contributed by atoms with E-state index >= 15 is 0 Å². The summed E-state index contributed by atoms with van der Waals surface area (Å²) in [4.78, 5) is 28.3. The van der Waals surface area contributed by atoms with Gasteiger partial charge in [0.05, 0.1) is 24.1 Å². The number of rotatable bonds is 6. The van der Waals surface area contributed by atoms with Crippen LogP contribution in [0.25, 0.3) is 0 Å². The Morgan fingerprint density at radius 1 is 1.31 bits per heavy atom. The van der Waals surface area contributed by atoms with Crippen molar-refractivity contribution in [1.29, 1.82) is 0 Å². The quantitative estimate of drug-likeness (QED) is 0.779. The summed E-state index contributed by atoms with van der Waals surface area (Å²) < 4.78 is 6.45. The van der Waals surface area contributed by atoms with E-state index in [0.717, 1.165) is 37.3 Å². The zero-order valence-corrected chi connectivity index (χ0v) is 15.5. The van der Waals surface area contributed by atoms with Crippen LogP contribution in [0.3, 0.4) is 0 Å². The van der Waals surface area contributed by atoms with Crippen molar-refractivity contribution in [3.8, 4) is 0 Å². The summed E-state index contributed by atoms with van der Waals surface area (Å²) in [6.07, 6.45) is 3.92. The maximum Gasteiger partial charge on any atom is 0.269 e. The lowest BCUT2D eigenvalue weighted by Crippen LogP contribution is -2.35. The third-order valence-electron chi connectivity index (χ3n) is 4.60. The first-order chi connectivity index (χ1) is 12.4. The van der Waals surface area contributed by atoms with Crippen LogP contribution in [0.1, 0.15) is 44.1 Å². The molecule has 1 aliphatic rings. The number of anilines is 1. The van der Waals surface area contributed by atoms with Crippen LogP contribution in [-0.4, -0.2) is 45.9 Å². The van der Waals surface area contributed by atoms with Crippen LogP contribution in [0.2, 0.25) is 0 Å². The van der Waals surface area contributed by atoms with Gasteiger partial charge in [-0.25, -0.2) is 4.68 Å². The van der Waals surface area contributed by atoms with Crippen LogP contribution >= 0.6 is 0 Å². The molecule has 2 aromatic rings. The van der Waals surface area contributed by atoms with Gasteiger partial charge >= 0.3 is 0 Å². The average molecular weight is 359 g/mol. The number of amides is 1. The average Bonchev–Trinajstić information content (AvgIpc) is 3.28. The highest BCUT2D eigenvalue weighted by molar-refractivity contribution is 5.75. The summed E-state index contributed by atoms with van der Waals surface area (Å²) in [7, 11) is 1.67. The fourth-order valence-corrected chi connectivity index (χ4v) is 2.94. The van der Waals surface area contributed by atoms with E-state index in [2.05, 4.69) is 15.2 Å². The van der Waals surface area contributed by atoms with Gasteiger partial charge in [-0.3, -0.25) is 9.59 Å². The lowest BCUT2D eigenvalue weighted by molar-refractivity contribution is -0.131. The molecular weight excluding hydrogens is 334 g/mol. The highest BCUT2D eigenvalue weighted by Gasteiger charge is 2.17. The van der Waals surface area contributed by atoms with E-state index in [1.54, 1.807) is 19.3 Å². The fourth-order valence-electron chi connectivity index (χ4n) is 2.94. The maximum absolute atomic E-state index is 12.4. The molecule has 1 aliphatic heterocycles. The first-order valence-corrected chi connectivity index (χ1v) is 8.95. The Labute approximate surface area is 152 Å². The van der Waals surface area contributed by atoms with Gasteiger partial charge in [0.15, 0.2) is 5.76 Å². The molecule has 0 aliphatic carbocycles. The molecule has 0 atom stereocenters. The third-order valence-corrected chi connectivity index (χ3v) is 4.60. The molecular formula is C18H25N5O3. The Bertz CT molecular complexity index is 820. The summed E-state index contributed by atoms with van der Waals surface area (Å²) in [5.41, 5.74) is 1.42. The van der Waals surface area contributed by atoms with Crippen LogP contribution in [0, 0.1) is 0 Å². The molecule has 0 unspecified atom stereocenters. The topological polar surface area (TPSA) is 84.5 Å². The molecule has 140 valence electrons. The first-order valence-electron chi connectivity index (χ1n) is 8.95. The Kier molecular flexibility index (Phi) is 5.39. The second kappa shape index (κ2) is 7.72. The minimum Gasteiger partial charge on any atom is -0.370 e. The zero-order chi connectivity index (χ0) is 18.7. The lowest BCUT2D eigenvalue weighted by Gasteiger charge is -2.18. The molecule has 0 aromatic carbocycles. The number of carbonyl (C=O) groups excluding carboxylic acids is 1. The standard InChI is InChI=1S/C18H25N5O3/c1-13(2)16-9-15(26-20-16)11-21(3)18(25)12-23-17(24)8-14(10-19-23)22-6-4-5-7-22/h8-10,13H,4-7,11-12H2,1-3H3. The molecule has 0 spiro atoms. The summed E-state index contributed by atoms with van der Waals surface area (Å²) in [5.74, 6) is 0.677. The van der Waals surface area contributed by atoms with E-state index in [1.165, 1.54) is 9.58 Å². The van der Waals surface area contributed by atoms with Crippen molar-refractivity contribution in [3.63, 3.8) is 0 Å². The van der Waals surface area contributed by atoms with E-state index < -0.39 is 0 Å². The summed E-state index contributed by atoms with van der Waals surface area (Å²) in [6, 6.07) is 3.40. The van der Waals surface area contributed by atoms with Crippen LogP contribution in [-0.2, 0) is 17.9 Å². The van der Waals surface area contributed by atoms with Crippen LogP contribution in [0.4, 0.5) is 5.69 Å². The summed E-state index contributed by atoms with van der Waals surface area (Å²) >= 11 is 0. The molecule has 0 N–H and O–H groups in total. The summed E-state index contributed by atoms with van der Waals surface area (Å²) in [6.45, 7) is 6.16. The van der Waals surface area contributed by atoms with E-state index in [0.29, 0.717) is 12.3 Å². The molecule has 3 rings (SSSR count). The van der Waals surface area contributed by atoms with Crippen molar-refractivity contribution in [2.75, 3.05) is 25.0 Å². The molecule has 8 nitrogen and oxygen atoms in total. The van der Waals surface area contributed by atoms with E-state index in [4.69, 9.17) is 4.52 Å². The highest BCUT2D eigenvalue weighted by Crippen LogP contribution is 2.17. The predicted molar refractivity (Wildman–Crippen MR) is 97.0 cm³/mol. The highest BCUT2D eigenvalue weighted by atomic mass is 16.5. The van der Waals surface area contributed by atoms with Gasteiger partial charge in [0, 0.05) is 32.3 Å². The Hall–Kier alpha value is -2.64. The largest absolute Gasteiger partial charge is 0.370 e.